The minimum absolute atomic E-state index is 0.158. The number of benzene rings is 2. The van der Waals surface area contributed by atoms with E-state index in [0.29, 0.717) is 16.6 Å². The smallest absolute Gasteiger partial charge is 0.257 e. The topological polar surface area (TPSA) is 42.0 Å². The van der Waals surface area contributed by atoms with Crippen molar-refractivity contribution in [1.82, 2.24) is 4.98 Å². The molecular formula is C20H19BrN2OS. The van der Waals surface area contributed by atoms with Gasteiger partial charge < -0.3 is 0 Å². The van der Waals surface area contributed by atoms with Crippen LogP contribution >= 0.6 is 27.3 Å². The monoisotopic (exact) mass is 414 g/mol. The van der Waals surface area contributed by atoms with Crippen LogP contribution < -0.4 is 5.32 Å². The quantitative estimate of drug-likeness (QED) is 0.529. The molecule has 0 radical (unpaired) electrons. The minimum atomic E-state index is -0.158. The first-order valence-corrected chi connectivity index (χ1v) is 9.87. The number of thiazole rings is 1. The van der Waals surface area contributed by atoms with Crippen LogP contribution in [0.5, 0.6) is 0 Å². The van der Waals surface area contributed by atoms with E-state index in [1.165, 1.54) is 16.9 Å². The lowest BCUT2D eigenvalue weighted by Gasteiger charge is -2.08. The Bertz CT molecular complexity index is 873. The third-order valence-corrected chi connectivity index (χ3v) is 5.45. The van der Waals surface area contributed by atoms with E-state index in [1.54, 1.807) is 12.1 Å². The Hall–Kier alpha value is -1.98. The van der Waals surface area contributed by atoms with Crippen LogP contribution in [0.25, 0.3) is 11.3 Å². The molecule has 0 bridgehead atoms. The van der Waals surface area contributed by atoms with Gasteiger partial charge in [0.2, 0.25) is 0 Å². The van der Waals surface area contributed by atoms with E-state index in [2.05, 4.69) is 64.3 Å². The third kappa shape index (κ3) is 4.35. The van der Waals surface area contributed by atoms with Crippen molar-refractivity contribution in [3.8, 4) is 11.3 Å². The maximum absolute atomic E-state index is 12.3. The van der Waals surface area contributed by atoms with Gasteiger partial charge in [0.05, 0.1) is 5.69 Å². The molecule has 0 aliphatic rings. The van der Waals surface area contributed by atoms with Crippen LogP contribution in [-0.4, -0.2) is 10.9 Å². The highest BCUT2D eigenvalue weighted by Gasteiger charge is 2.11. The van der Waals surface area contributed by atoms with Crippen molar-refractivity contribution in [2.24, 2.45) is 0 Å². The molecule has 0 saturated heterocycles. The number of rotatable bonds is 5. The first-order valence-electron chi connectivity index (χ1n) is 8.19. The molecule has 1 heterocycles. The number of aromatic nitrogens is 1. The van der Waals surface area contributed by atoms with Gasteiger partial charge in [-0.15, -0.1) is 11.3 Å². The predicted octanol–water partition coefficient (Wildman–Crippen LogP) is 6.34. The van der Waals surface area contributed by atoms with Crippen molar-refractivity contribution in [2.45, 2.75) is 26.2 Å². The summed E-state index contributed by atoms with van der Waals surface area (Å²) in [5.74, 6) is 0.402. The first-order chi connectivity index (χ1) is 12.1. The Kier molecular flexibility index (Phi) is 5.66. The molecule has 1 atom stereocenters. The average Bonchev–Trinajstić information content (AvgIpc) is 3.09. The maximum atomic E-state index is 12.3. The molecule has 0 saturated carbocycles. The second-order valence-corrected chi connectivity index (χ2v) is 7.71. The maximum Gasteiger partial charge on any atom is 0.257 e. The van der Waals surface area contributed by atoms with Gasteiger partial charge in [-0.1, -0.05) is 60.1 Å². The van der Waals surface area contributed by atoms with E-state index < -0.39 is 0 Å². The van der Waals surface area contributed by atoms with Crippen molar-refractivity contribution >= 4 is 38.3 Å². The van der Waals surface area contributed by atoms with Gasteiger partial charge in [-0.25, -0.2) is 4.98 Å². The molecule has 128 valence electrons. The van der Waals surface area contributed by atoms with Gasteiger partial charge in [-0.2, -0.15) is 0 Å². The summed E-state index contributed by atoms with van der Waals surface area (Å²) < 4.78 is 0.876. The molecule has 2 aromatic carbocycles. The number of carbonyl (C=O) groups excluding carboxylic acids is 1. The zero-order valence-corrected chi connectivity index (χ0v) is 16.5. The summed E-state index contributed by atoms with van der Waals surface area (Å²) in [7, 11) is 0. The molecule has 0 spiro atoms. The van der Waals surface area contributed by atoms with Crippen LogP contribution in [0.15, 0.2) is 58.4 Å². The van der Waals surface area contributed by atoms with Crippen LogP contribution in [0.3, 0.4) is 0 Å². The molecule has 1 amide bonds. The van der Waals surface area contributed by atoms with Crippen molar-refractivity contribution in [1.29, 1.82) is 0 Å². The highest BCUT2D eigenvalue weighted by molar-refractivity contribution is 9.10. The van der Waals surface area contributed by atoms with Gasteiger partial charge in [0.1, 0.15) is 0 Å². The summed E-state index contributed by atoms with van der Waals surface area (Å²) in [5.41, 5.74) is 3.88. The summed E-state index contributed by atoms with van der Waals surface area (Å²) in [6, 6.07) is 15.8. The molecule has 3 nitrogen and oxygen atoms in total. The molecule has 1 unspecified atom stereocenters. The fourth-order valence-electron chi connectivity index (χ4n) is 2.48. The van der Waals surface area contributed by atoms with E-state index in [0.717, 1.165) is 22.2 Å². The number of nitrogens with one attached hydrogen (secondary N) is 1. The Balaban J connectivity index is 1.73. The summed E-state index contributed by atoms with van der Waals surface area (Å²) in [4.78, 5) is 16.8. The Morgan fingerprint density at radius 2 is 2.00 bits per heavy atom. The predicted molar refractivity (Wildman–Crippen MR) is 108 cm³/mol. The Morgan fingerprint density at radius 3 is 2.68 bits per heavy atom. The molecular weight excluding hydrogens is 396 g/mol. The van der Waals surface area contributed by atoms with Crippen LogP contribution in [0.1, 0.15) is 42.1 Å². The molecule has 0 aliphatic heterocycles. The van der Waals surface area contributed by atoms with Gasteiger partial charge in [0.15, 0.2) is 5.13 Å². The van der Waals surface area contributed by atoms with Gasteiger partial charge in [-0.05, 0) is 36.1 Å². The molecule has 5 heteroatoms. The lowest BCUT2D eigenvalue weighted by Crippen LogP contribution is -2.11. The fourth-order valence-corrected chi connectivity index (χ4v) is 3.59. The minimum Gasteiger partial charge on any atom is -0.298 e. The van der Waals surface area contributed by atoms with E-state index in [4.69, 9.17) is 0 Å². The zero-order valence-electron chi connectivity index (χ0n) is 14.1. The van der Waals surface area contributed by atoms with E-state index in [-0.39, 0.29) is 5.91 Å². The van der Waals surface area contributed by atoms with Crippen molar-refractivity contribution in [3.05, 3.63) is 69.5 Å². The van der Waals surface area contributed by atoms with E-state index in [9.17, 15) is 4.79 Å². The zero-order chi connectivity index (χ0) is 17.8. The highest BCUT2D eigenvalue weighted by Crippen LogP contribution is 2.27. The number of nitrogens with zero attached hydrogens (tertiary/aromatic N) is 1. The number of carbonyl (C=O) groups is 1. The summed E-state index contributed by atoms with van der Waals surface area (Å²) in [6.45, 7) is 4.42. The fraction of sp³-hybridized carbons (Fsp3) is 0.200. The van der Waals surface area contributed by atoms with Crippen LogP contribution in [-0.2, 0) is 0 Å². The van der Waals surface area contributed by atoms with Crippen molar-refractivity contribution in [2.75, 3.05) is 5.32 Å². The molecule has 0 fully saturated rings. The molecule has 0 aliphatic carbocycles. The van der Waals surface area contributed by atoms with Crippen LogP contribution in [0.2, 0.25) is 0 Å². The number of halogens is 1. The lowest BCUT2D eigenvalue weighted by molar-refractivity contribution is 0.102. The van der Waals surface area contributed by atoms with E-state index >= 15 is 0 Å². The molecule has 25 heavy (non-hydrogen) atoms. The first kappa shape index (κ1) is 17.8. The Labute approximate surface area is 160 Å². The highest BCUT2D eigenvalue weighted by atomic mass is 79.9. The summed E-state index contributed by atoms with van der Waals surface area (Å²) in [6.07, 6.45) is 1.13. The average molecular weight is 415 g/mol. The normalized spacial score (nSPS) is 12.0. The molecule has 3 aromatic rings. The van der Waals surface area contributed by atoms with Crippen LogP contribution in [0.4, 0.5) is 5.13 Å². The third-order valence-electron chi connectivity index (χ3n) is 4.20. The number of anilines is 1. The number of hydrogen-bond donors (Lipinski definition) is 1. The number of hydrogen-bond acceptors (Lipinski definition) is 3. The standard InChI is InChI=1S/C20H19BrN2OS/c1-3-13(2)14-7-9-15(10-8-14)18-12-25-20(22-18)23-19(24)16-5-4-6-17(21)11-16/h4-13H,3H2,1-2H3,(H,22,23,24). The van der Waals surface area contributed by atoms with Crippen molar-refractivity contribution < 1.29 is 4.79 Å². The number of amides is 1. The van der Waals surface area contributed by atoms with Gasteiger partial charge in [-0.3, -0.25) is 10.1 Å². The van der Waals surface area contributed by atoms with Crippen molar-refractivity contribution in [3.63, 3.8) is 0 Å². The molecule has 3 rings (SSSR count). The van der Waals surface area contributed by atoms with Gasteiger partial charge >= 0.3 is 0 Å². The second-order valence-electron chi connectivity index (χ2n) is 5.93. The molecule has 1 N–H and O–H groups in total. The molecule has 1 aromatic heterocycles. The van der Waals surface area contributed by atoms with Crippen LogP contribution in [0, 0.1) is 0 Å². The van der Waals surface area contributed by atoms with Gasteiger partial charge in [0.25, 0.3) is 5.91 Å². The SMILES string of the molecule is CCC(C)c1ccc(-c2csc(NC(=O)c3cccc(Br)c3)n2)cc1. The second kappa shape index (κ2) is 7.93. The summed E-state index contributed by atoms with van der Waals surface area (Å²) in [5, 5.41) is 5.43. The van der Waals surface area contributed by atoms with Gasteiger partial charge in [0, 0.05) is 21.0 Å². The largest absolute Gasteiger partial charge is 0.298 e. The van der Waals surface area contributed by atoms with E-state index in [1.807, 2.05) is 17.5 Å². The lowest BCUT2D eigenvalue weighted by atomic mass is 9.97. The summed E-state index contributed by atoms with van der Waals surface area (Å²) >= 11 is 4.81. The Morgan fingerprint density at radius 1 is 1.24 bits per heavy atom.